The van der Waals surface area contributed by atoms with Gasteiger partial charge in [-0.2, -0.15) is 4.98 Å². The van der Waals surface area contributed by atoms with Crippen molar-refractivity contribution in [3.63, 3.8) is 0 Å². The van der Waals surface area contributed by atoms with Crippen LogP contribution in [0.15, 0.2) is 48.5 Å². The number of para-hydroxylation sites is 1. The van der Waals surface area contributed by atoms with Crippen LogP contribution in [0.1, 0.15) is 18.6 Å². The molecule has 0 aliphatic carbocycles. The molecule has 22 heavy (non-hydrogen) atoms. The zero-order valence-electron chi connectivity index (χ0n) is 12.5. The van der Waals surface area contributed by atoms with Gasteiger partial charge in [0.05, 0.1) is 11.6 Å². The number of rotatable bonds is 4. The Morgan fingerprint density at radius 2 is 1.86 bits per heavy atom. The van der Waals surface area contributed by atoms with E-state index in [2.05, 4.69) is 20.6 Å². The van der Waals surface area contributed by atoms with E-state index in [0.717, 1.165) is 28.0 Å². The van der Waals surface area contributed by atoms with Crippen LogP contribution in [0.4, 0.5) is 17.5 Å². The van der Waals surface area contributed by atoms with Crippen molar-refractivity contribution in [2.75, 3.05) is 17.7 Å². The number of hydrogen-bond acceptors (Lipinski definition) is 5. The Morgan fingerprint density at radius 1 is 1.05 bits per heavy atom. The second-order valence-corrected chi connectivity index (χ2v) is 5.09. The summed E-state index contributed by atoms with van der Waals surface area (Å²) in [6, 6.07) is 15.4. The first-order valence-corrected chi connectivity index (χ1v) is 7.17. The molecule has 0 amide bonds. The van der Waals surface area contributed by atoms with E-state index in [1.807, 2.05) is 55.6 Å². The monoisotopic (exact) mass is 294 g/mol. The molecular weight excluding hydrogens is 276 g/mol. The molecule has 112 valence electrons. The Hall–Kier alpha value is -2.66. The van der Waals surface area contributed by atoms with Gasteiger partial charge in [0.1, 0.15) is 5.82 Å². The smallest absolute Gasteiger partial charge is 0.229 e. The molecule has 0 saturated carbocycles. The van der Waals surface area contributed by atoms with Crippen molar-refractivity contribution in [3.05, 3.63) is 54.1 Å². The maximum absolute atomic E-state index is 9.67. The minimum absolute atomic E-state index is 0.507. The second-order valence-electron chi connectivity index (χ2n) is 5.09. The second kappa shape index (κ2) is 5.99. The van der Waals surface area contributed by atoms with Crippen LogP contribution >= 0.6 is 0 Å². The Labute approximate surface area is 129 Å². The Balaban J connectivity index is 1.98. The molecule has 3 N–H and O–H groups in total. The summed E-state index contributed by atoms with van der Waals surface area (Å²) >= 11 is 0. The number of aliphatic hydroxyl groups excluding tert-OH is 1. The lowest BCUT2D eigenvalue weighted by atomic mass is 10.1. The van der Waals surface area contributed by atoms with E-state index in [-0.39, 0.29) is 0 Å². The molecule has 1 aromatic heterocycles. The number of aliphatic hydroxyl groups is 1. The van der Waals surface area contributed by atoms with E-state index in [1.54, 1.807) is 6.92 Å². The van der Waals surface area contributed by atoms with E-state index in [9.17, 15) is 5.11 Å². The minimum Gasteiger partial charge on any atom is -0.389 e. The predicted molar refractivity (Wildman–Crippen MR) is 89.4 cm³/mol. The quantitative estimate of drug-likeness (QED) is 0.687. The number of aromatic nitrogens is 2. The lowest BCUT2D eigenvalue weighted by molar-refractivity contribution is 0.199. The molecule has 3 rings (SSSR count). The number of anilines is 3. The highest BCUT2D eigenvalue weighted by atomic mass is 16.3. The topological polar surface area (TPSA) is 70.1 Å². The highest BCUT2D eigenvalue weighted by Crippen LogP contribution is 2.24. The van der Waals surface area contributed by atoms with Gasteiger partial charge >= 0.3 is 0 Å². The molecule has 3 aromatic rings. The van der Waals surface area contributed by atoms with E-state index >= 15 is 0 Å². The third-order valence-electron chi connectivity index (χ3n) is 3.47. The van der Waals surface area contributed by atoms with E-state index in [1.165, 1.54) is 0 Å². The predicted octanol–water partition coefficient (Wildman–Crippen LogP) is 3.47. The third kappa shape index (κ3) is 2.84. The maximum atomic E-state index is 9.67. The van der Waals surface area contributed by atoms with Gasteiger partial charge in [0.2, 0.25) is 5.95 Å². The molecule has 0 radical (unpaired) electrons. The van der Waals surface area contributed by atoms with Crippen LogP contribution in [0, 0.1) is 0 Å². The zero-order chi connectivity index (χ0) is 15.5. The van der Waals surface area contributed by atoms with Crippen molar-refractivity contribution in [3.8, 4) is 0 Å². The van der Waals surface area contributed by atoms with Crippen molar-refractivity contribution >= 4 is 28.4 Å². The molecular formula is C17H18N4O. The van der Waals surface area contributed by atoms with E-state index in [4.69, 9.17) is 0 Å². The Kier molecular flexibility index (Phi) is 3.89. The van der Waals surface area contributed by atoms with E-state index in [0.29, 0.717) is 5.95 Å². The van der Waals surface area contributed by atoms with Crippen LogP contribution < -0.4 is 10.6 Å². The third-order valence-corrected chi connectivity index (χ3v) is 3.47. The van der Waals surface area contributed by atoms with Crippen LogP contribution in [-0.2, 0) is 0 Å². The molecule has 0 bridgehead atoms. The molecule has 0 spiro atoms. The average Bonchev–Trinajstić information content (AvgIpc) is 2.54. The SMILES string of the molecule is CNc1nc(Nc2cccc([C@@H](C)O)c2)nc2ccccc12. The summed E-state index contributed by atoms with van der Waals surface area (Å²) in [6.07, 6.45) is -0.507. The van der Waals surface area contributed by atoms with Crippen molar-refractivity contribution in [2.45, 2.75) is 13.0 Å². The zero-order valence-corrected chi connectivity index (χ0v) is 12.5. The standard InChI is InChI=1S/C17H18N4O/c1-11(22)12-6-5-7-13(10-12)19-17-20-15-9-4-3-8-14(15)16(18-2)21-17/h3-11,22H,1-2H3,(H2,18,19,20,21)/t11-/m1/s1. The molecule has 2 aromatic carbocycles. The molecule has 5 heteroatoms. The summed E-state index contributed by atoms with van der Waals surface area (Å²) in [5, 5.41) is 16.9. The van der Waals surface area contributed by atoms with Gasteiger partial charge in [0.25, 0.3) is 0 Å². The van der Waals surface area contributed by atoms with E-state index < -0.39 is 6.10 Å². The molecule has 0 unspecified atom stereocenters. The number of fused-ring (bicyclic) bond motifs is 1. The van der Waals surface area contributed by atoms with Crippen molar-refractivity contribution in [2.24, 2.45) is 0 Å². The molecule has 0 aliphatic heterocycles. The number of benzene rings is 2. The van der Waals surface area contributed by atoms with Gasteiger partial charge in [-0.15, -0.1) is 0 Å². The van der Waals surface area contributed by atoms with Crippen molar-refractivity contribution in [1.82, 2.24) is 9.97 Å². The van der Waals surface area contributed by atoms with Crippen LogP contribution in [0.5, 0.6) is 0 Å². The van der Waals surface area contributed by atoms with Gasteiger partial charge in [0.15, 0.2) is 0 Å². The fourth-order valence-corrected chi connectivity index (χ4v) is 2.33. The Morgan fingerprint density at radius 3 is 2.64 bits per heavy atom. The summed E-state index contributed by atoms with van der Waals surface area (Å²) in [6.45, 7) is 1.74. The van der Waals surface area contributed by atoms with Crippen molar-refractivity contribution in [1.29, 1.82) is 0 Å². The van der Waals surface area contributed by atoms with Gasteiger partial charge in [-0.3, -0.25) is 0 Å². The summed E-state index contributed by atoms with van der Waals surface area (Å²) in [7, 11) is 1.84. The van der Waals surface area contributed by atoms with Gasteiger partial charge in [-0.25, -0.2) is 4.98 Å². The van der Waals surface area contributed by atoms with Gasteiger partial charge in [0, 0.05) is 18.1 Å². The maximum Gasteiger partial charge on any atom is 0.229 e. The number of hydrogen-bond donors (Lipinski definition) is 3. The Bertz CT molecular complexity index is 802. The van der Waals surface area contributed by atoms with Gasteiger partial charge in [-0.05, 0) is 36.8 Å². The summed E-state index contributed by atoms with van der Waals surface area (Å²) in [4.78, 5) is 9.02. The molecule has 0 saturated heterocycles. The van der Waals surface area contributed by atoms with Crippen LogP contribution in [-0.4, -0.2) is 22.1 Å². The van der Waals surface area contributed by atoms with Crippen LogP contribution in [0.3, 0.4) is 0 Å². The first-order valence-electron chi connectivity index (χ1n) is 7.17. The van der Waals surface area contributed by atoms with Gasteiger partial charge < -0.3 is 15.7 Å². The summed E-state index contributed by atoms with van der Waals surface area (Å²) in [5.41, 5.74) is 2.56. The molecule has 1 atom stereocenters. The fourth-order valence-electron chi connectivity index (χ4n) is 2.33. The largest absolute Gasteiger partial charge is 0.389 e. The fraction of sp³-hybridized carbons (Fsp3) is 0.176. The van der Waals surface area contributed by atoms with Crippen molar-refractivity contribution < 1.29 is 5.11 Å². The summed E-state index contributed by atoms with van der Waals surface area (Å²) < 4.78 is 0. The minimum atomic E-state index is -0.507. The summed E-state index contributed by atoms with van der Waals surface area (Å²) in [5.74, 6) is 1.30. The van der Waals surface area contributed by atoms with Crippen LogP contribution in [0.25, 0.3) is 10.9 Å². The lowest BCUT2D eigenvalue weighted by Gasteiger charge is -2.11. The number of nitrogens with one attached hydrogen (secondary N) is 2. The number of nitrogens with zero attached hydrogens (tertiary/aromatic N) is 2. The highest BCUT2D eigenvalue weighted by Gasteiger charge is 2.07. The van der Waals surface area contributed by atoms with Crippen LogP contribution in [0.2, 0.25) is 0 Å². The normalized spacial score (nSPS) is 12.1. The highest BCUT2D eigenvalue weighted by molar-refractivity contribution is 5.90. The molecule has 0 aliphatic rings. The molecule has 0 fully saturated rings. The lowest BCUT2D eigenvalue weighted by Crippen LogP contribution is -2.02. The average molecular weight is 294 g/mol. The molecule has 1 heterocycles. The van der Waals surface area contributed by atoms with Gasteiger partial charge in [-0.1, -0.05) is 24.3 Å². The first kappa shape index (κ1) is 14.3. The first-order chi connectivity index (χ1) is 10.7. The molecule has 5 nitrogen and oxygen atoms in total.